The standard InChI is InChI=1S/C11H12BrN3O/c1-7-8(4-3-5-9(7)12)11(16)10-6-13-14-15(10)2/h3-6,11,16H,1-2H3. The molecule has 0 aliphatic heterocycles. The number of benzene rings is 1. The lowest BCUT2D eigenvalue weighted by Gasteiger charge is -2.14. The van der Waals surface area contributed by atoms with E-state index in [1.807, 2.05) is 25.1 Å². The molecule has 1 N–H and O–H groups in total. The van der Waals surface area contributed by atoms with Crippen LogP contribution in [-0.2, 0) is 7.05 Å². The predicted octanol–water partition coefficient (Wildman–Crippen LogP) is 1.97. The summed E-state index contributed by atoms with van der Waals surface area (Å²) in [6.45, 7) is 1.96. The molecule has 2 aromatic rings. The van der Waals surface area contributed by atoms with Crippen molar-refractivity contribution in [2.45, 2.75) is 13.0 Å². The van der Waals surface area contributed by atoms with Crippen molar-refractivity contribution in [3.63, 3.8) is 0 Å². The maximum absolute atomic E-state index is 10.2. The van der Waals surface area contributed by atoms with Crippen LogP contribution in [0.15, 0.2) is 28.9 Å². The Morgan fingerprint density at radius 1 is 1.44 bits per heavy atom. The van der Waals surface area contributed by atoms with Gasteiger partial charge >= 0.3 is 0 Å². The Bertz CT molecular complexity index is 510. The molecule has 4 nitrogen and oxygen atoms in total. The van der Waals surface area contributed by atoms with Gasteiger partial charge in [-0.25, -0.2) is 4.68 Å². The van der Waals surface area contributed by atoms with E-state index in [0.717, 1.165) is 15.6 Å². The number of halogens is 1. The smallest absolute Gasteiger partial charge is 0.123 e. The number of aliphatic hydroxyl groups excluding tert-OH is 1. The quantitative estimate of drug-likeness (QED) is 0.916. The molecule has 1 aromatic heterocycles. The zero-order valence-corrected chi connectivity index (χ0v) is 10.6. The number of hydrogen-bond donors (Lipinski definition) is 1. The Morgan fingerprint density at radius 3 is 2.81 bits per heavy atom. The van der Waals surface area contributed by atoms with Gasteiger partial charge in [-0.05, 0) is 24.1 Å². The van der Waals surface area contributed by atoms with Gasteiger partial charge in [0.05, 0.1) is 11.9 Å². The average Bonchev–Trinajstić information content (AvgIpc) is 2.68. The van der Waals surface area contributed by atoms with Crippen LogP contribution in [0.3, 0.4) is 0 Å². The van der Waals surface area contributed by atoms with E-state index in [0.29, 0.717) is 5.69 Å². The first kappa shape index (κ1) is 11.3. The Balaban J connectivity index is 2.46. The summed E-state index contributed by atoms with van der Waals surface area (Å²) in [7, 11) is 1.76. The summed E-state index contributed by atoms with van der Waals surface area (Å²) < 4.78 is 2.56. The maximum atomic E-state index is 10.2. The van der Waals surface area contributed by atoms with Gasteiger partial charge in [0.1, 0.15) is 6.10 Å². The molecule has 16 heavy (non-hydrogen) atoms. The average molecular weight is 282 g/mol. The Labute approximate surface area is 102 Å². The maximum Gasteiger partial charge on any atom is 0.123 e. The van der Waals surface area contributed by atoms with E-state index in [1.54, 1.807) is 17.9 Å². The number of aryl methyl sites for hydroxylation is 1. The first-order chi connectivity index (χ1) is 7.61. The lowest BCUT2D eigenvalue weighted by molar-refractivity contribution is 0.209. The molecule has 0 aliphatic carbocycles. The van der Waals surface area contributed by atoms with E-state index in [4.69, 9.17) is 0 Å². The highest BCUT2D eigenvalue weighted by molar-refractivity contribution is 9.10. The van der Waals surface area contributed by atoms with Crippen LogP contribution in [0, 0.1) is 6.92 Å². The molecule has 84 valence electrons. The van der Waals surface area contributed by atoms with Crippen LogP contribution >= 0.6 is 15.9 Å². The highest BCUT2D eigenvalue weighted by Gasteiger charge is 2.17. The van der Waals surface area contributed by atoms with Gasteiger partial charge in [-0.15, -0.1) is 5.10 Å². The fourth-order valence-electron chi connectivity index (χ4n) is 1.62. The minimum Gasteiger partial charge on any atom is -0.382 e. The van der Waals surface area contributed by atoms with Gasteiger partial charge in [0.15, 0.2) is 0 Å². The second-order valence-corrected chi connectivity index (χ2v) is 4.49. The summed E-state index contributed by atoms with van der Waals surface area (Å²) in [5.74, 6) is 0. The van der Waals surface area contributed by atoms with Crippen molar-refractivity contribution in [1.82, 2.24) is 15.0 Å². The molecule has 0 amide bonds. The number of rotatable bonds is 2. The van der Waals surface area contributed by atoms with Gasteiger partial charge in [0.25, 0.3) is 0 Å². The highest BCUT2D eigenvalue weighted by atomic mass is 79.9. The van der Waals surface area contributed by atoms with E-state index < -0.39 is 6.10 Å². The summed E-state index contributed by atoms with van der Waals surface area (Å²) in [5.41, 5.74) is 2.57. The molecule has 0 spiro atoms. The summed E-state index contributed by atoms with van der Waals surface area (Å²) in [4.78, 5) is 0. The number of aromatic nitrogens is 3. The van der Waals surface area contributed by atoms with Gasteiger partial charge in [0.2, 0.25) is 0 Å². The highest BCUT2D eigenvalue weighted by Crippen LogP contribution is 2.28. The summed E-state index contributed by atoms with van der Waals surface area (Å²) in [6.07, 6.45) is 0.878. The van der Waals surface area contributed by atoms with Gasteiger partial charge in [-0.3, -0.25) is 0 Å². The van der Waals surface area contributed by atoms with Crippen LogP contribution in [0.5, 0.6) is 0 Å². The van der Waals surface area contributed by atoms with Crippen molar-refractivity contribution < 1.29 is 5.11 Å². The fourth-order valence-corrected chi connectivity index (χ4v) is 2.01. The van der Waals surface area contributed by atoms with Crippen molar-refractivity contribution in [2.24, 2.45) is 7.05 Å². The van der Waals surface area contributed by atoms with Gasteiger partial charge in [0, 0.05) is 11.5 Å². The van der Waals surface area contributed by atoms with Gasteiger partial charge in [-0.2, -0.15) is 0 Å². The zero-order valence-electron chi connectivity index (χ0n) is 9.05. The van der Waals surface area contributed by atoms with Crippen LogP contribution < -0.4 is 0 Å². The van der Waals surface area contributed by atoms with Crippen LogP contribution in [0.4, 0.5) is 0 Å². The largest absolute Gasteiger partial charge is 0.382 e. The Hall–Kier alpha value is -1.20. The molecule has 1 unspecified atom stereocenters. The third kappa shape index (κ3) is 1.88. The molecule has 5 heteroatoms. The molecule has 1 heterocycles. The number of aliphatic hydroxyl groups is 1. The van der Waals surface area contributed by atoms with Crippen molar-refractivity contribution in [3.8, 4) is 0 Å². The van der Waals surface area contributed by atoms with Gasteiger partial charge < -0.3 is 5.11 Å². The number of nitrogens with zero attached hydrogens (tertiary/aromatic N) is 3. The fraction of sp³-hybridized carbons (Fsp3) is 0.273. The van der Waals surface area contributed by atoms with Crippen LogP contribution in [0.2, 0.25) is 0 Å². The SMILES string of the molecule is Cc1c(Br)cccc1C(O)c1cnnn1C. The van der Waals surface area contributed by atoms with E-state index in [1.165, 1.54) is 0 Å². The van der Waals surface area contributed by atoms with Crippen LogP contribution in [0.25, 0.3) is 0 Å². The first-order valence-electron chi connectivity index (χ1n) is 4.89. The van der Waals surface area contributed by atoms with Crippen molar-refractivity contribution in [3.05, 3.63) is 45.7 Å². The Kier molecular flexibility index (Phi) is 3.07. The van der Waals surface area contributed by atoms with E-state index in [-0.39, 0.29) is 0 Å². The normalized spacial score (nSPS) is 12.8. The molecule has 0 saturated carbocycles. The summed E-state index contributed by atoms with van der Waals surface area (Å²) >= 11 is 3.45. The zero-order chi connectivity index (χ0) is 11.7. The third-order valence-electron chi connectivity index (χ3n) is 2.63. The predicted molar refractivity (Wildman–Crippen MR) is 63.9 cm³/mol. The monoisotopic (exact) mass is 281 g/mol. The first-order valence-corrected chi connectivity index (χ1v) is 5.68. The molecule has 0 saturated heterocycles. The minimum absolute atomic E-state index is 0.682. The van der Waals surface area contributed by atoms with E-state index in [2.05, 4.69) is 26.2 Å². The van der Waals surface area contributed by atoms with Crippen molar-refractivity contribution >= 4 is 15.9 Å². The van der Waals surface area contributed by atoms with Gasteiger partial charge in [-0.1, -0.05) is 33.3 Å². The van der Waals surface area contributed by atoms with Crippen LogP contribution in [0.1, 0.15) is 22.9 Å². The molecule has 0 radical (unpaired) electrons. The molecular formula is C11H12BrN3O. The summed E-state index contributed by atoms with van der Waals surface area (Å²) in [5, 5.41) is 17.8. The third-order valence-corrected chi connectivity index (χ3v) is 3.49. The number of hydrogen-bond acceptors (Lipinski definition) is 3. The molecule has 1 atom stereocenters. The minimum atomic E-state index is -0.697. The second kappa shape index (κ2) is 4.35. The second-order valence-electron chi connectivity index (χ2n) is 3.64. The molecule has 0 bridgehead atoms. The molecule has 0 fully saturated rings. The van der Waals surface area contributed by atoms with E-state index in [9.17, 15) is 5.11 Å². The molecular weight excluding hydrogens is 270 g/mol. The molecule has 2 rings (SSSR count). The molecule has 1 aromatic carbocycles. The molecule has 0 aliphatic rings. The lowest BCUT2D eigenvalue weighted by Crippen LogP contribution is -2.08. The van der Waals surface area contributed by atoms with Crippen LogP contribution in [-0.4, -0.2) is 20.1 Å². The van der Waals surface area contributed by atoms with Crippen molar-refractivity contribution in [1.29, 1.82) is 0 Å². The summed E-state index contributed by atoms with van der Waals surface area (Å²) in [6, 6.07) is 5.75. The van der Waals surface area contributed by atoms with Crippen molar-refractivity contribution in [2.75, 3.05) is 0 Å². The Morgan fingerprint density at radius 2 is 2.19 bits per heavy atom. The van der Waals surface area contributed by atoms with E-state index >= 15 is 0 Å². The lowest BCUT2D eigenvalue weighted by atomic mass is 10.0. The topological polar surface area (TPSA) is 50.9 Å².